The summed E-state index contributed by atoms with van der Waals surface area (Å²) in [5.41, 5.74) is 1.02. The Kier molecular flexibility index (Phi) is 4.09. The minimum absolute atomic E-state index is 0.0603. The molecule has 1 rings (SSSR count). The maximum absolute atomic E-state index is 11.3. The van der Waals surface area contributed by atoms with Gasteiger partial charge in [0.15, 0.2) is 0 Å². The first-order chi connectivity index (χ1) is 7.99. The van der Waals surface area contributed by atoms with Gasteiger partial charge in [0.2, 0.25) is 5.91 Å². The lowest BCUT2D eigenvalue weighted by Gasteiger charge is -2.12. The lowest BCUT2D eigenvalue weighted by Crippen LogP contribution is -2.13. The highest BCUT2D eigenvalue weighted by molar-refractivity contribution is 6.01. The minimum atomic E-state index is -1.08. The highest BCUT2D eigenvalue weighted by atomic mass is 16.5. The number of carboxylic acid groups (broad SMARTS) is 1. The number of hydrogen-bond donors (Lipinski definition) is 2. The first-order valence-electron chi connectivity index (χ1n) is 5.21. The lowest BCUT2D eigenvalue weighted by molar-refractivity contribution is -0.115. The van der Waals surface area contributed by atoms with Crippen LogP contribution in [0, 0.1) is 6.92 Å². The Bertz CT molecular complexity index is 454. The number of carbonyl (C=O) groups excluding carboxylic acids is 1. The largest absolute Gasteiger partial charge is 0.496 e. The molecule has 92 valence electrons. The van der Waals surface area contributed by atoms with Gasteiger partial charge in [-0.15, -0.1) is 0 Å². The van der Waals surface area contributed by atoms with Crippen molar-refractivity contribution < 1.29 is 19.4 Å². The predicted molar refractivity (Wildman–Crippen MR) is 63.6 cm³/mol. The molecule has 5 heteroatoms. The van der Waals surface area contributed by atoms with Crippen LogP contribution in [-0.4, -0.2) is 24.1 Å². The van der Waals surface area contributed by atoms with Crippen LogP contribution in [0.1, 0.15) is 29.3 Å². The predicted octanol–water partition coefficient (Wildman–Crippen LogP) is 2.05. The van der Waals surface area contributed by atoms with E-state index < -0.39 is 5.97 Å². The normalized spacial score (nSPS) is 9.82. The molecule has 0 heterocycles. The number of aromatic carboxylic acids is 1. The van der Waals surface area contributed by atoms with E-state index in [1.807, 2.05) is 0 Å². The molecular formula is C12H15NO4. The average molecular weight is 237 g/mol. The zero-order valence-electron chi connectivity index (χ0n) is 10.0. The molecular weight excluding hydrogens is 222 g/mol. The lowest BCUT2D eigenvalue weighted by atomic mass is 10.1. The van der Waals surface area contributed by atoms with E-state index in [4.69, 9.17) is 9.84 Å². The van der Waals surface area contributed by atoms with Gasteiger partial charge in [-0.1, -0.05) is 6.92 Å². The maximum atomic E-state index is 11.3. The van der Waals surface area contributed by atoms with Crippen LogP contribution in [0.25, 0.3) is 0 Å². The summed E-state index contributed by atoms with van der Waals surface area (Å²) in [6.45, 7) is 3.44. The van der Waals surface area contributed by atoms with Crippen LogP contribution >= 0.6 is 0 Å². The van der Waals surface area contributed by atoms with E-state index in [2.05, 4.69) is 5.32 Å². The minimum Gasteiger partial charge on any atom is -0.496 e. The molecule has 0 spiro atoms. The molecule has 0 aliphatic heterocycles. The fourth-order valence-corrected chi connectivity index (χ4v) is 1.43. The summed E-state index contributed by atoms with van der Waals surface area (Å²) in [6.07, 6.45) is 0.287. The SMILES string of the molecule is CCC(=O)Nc1cc(OC)c(C)cc1C(=O)O. The summed E-state index contributed by atoms with van der Waals surface area (Å²) in [5.74, 6) is -0.776. The van der Waals surface area contributed by atoms with E-state index in [-0.39, 0.29) is 23.6 Å². The molecule has 0 aliphatic rings. The number of ether oxygens (including phenoxy) is 1. The molecule has 17 heavy (non-hydrogen) atoms. The van der Waals surface area contributed by atoms with Crippen molar-refractivity contribution in [1.29, 1.82) is 0 Å². The molecule has 2 N–H and O–H groups in total. The fraction of sp³-hybridized carbons (Fsp3) is 0.333. The topological polar surface area (TPSA) is 75.6 Å². The van der Waals surface area contributed by atoms with E-state index in [9.17, 15) is 9.59 Å². The van der Waals surface area contributed by atoms with E-state index in [1.165, 1.54) is 19.2 Å². The second-order valence-corrected chi connectivity index (χ2v) is 3.57. The van der Waals surface area contributed by atoms with Crippen LogP contribution in [0.4, 0.5) is 5.69 Å². The van der Waals surface area contributed by atoms with Crippen molar-refractivity contribution in [3.8, 4) is 5.75 Å². The first-order valence-corrected chi connectivity index (χ1v) is 5.21. The second kappa shape index (κ2) is 5.34. The molecule has 0 aliphatic carbocycles. The van der Waals surface area contributed by atoms with Gasteiger partial charge in [0.25, 0.3) is 0 Å². The number of methoxy groups -OCH3 is 1. The summed E-state index contributed by atoms with van der Waals surface area (Å²) in [4.78, 5) is 22.3. The molecule has 0 bridgehead atoms. The fourth-order valence-electron chi connectivity index (χ4n) is 1.43. The van der Waals surface area contributed by atoms with Crippen molar-refractivity contribution in [1.82, 2.24) is 0 Å². The number of hydrogen-bond acceptors (Lipinski definition) is 3. The molecule has 5 nitrogen and oxygen atoms in total. The summed E-state index contributed by atoms with van der Waals surface area (Å²) >= 11 is 0. The van der Waals surface area contributed by atoms with Gasteiger partial charge in [-0.3, -0.25) is 4.79 Å². The van der Waals surface area contributed by atoms with Crippen molar-refractivity contribution in [2.24, 2.45) is 0 Å². The van der Waals surface area contributed by atoms with Gasteiger partial charge in [0.1, 0.15) is 5.75 Å². The molecule has 0 saturated carbocycles. The third kappa shape index (κ3) is 2.96. The molecule has 1 aromatic carbocycles. The van der Waals surface area contributed by atoms with Crippen LogP contribution in [-0.2, 0) is 4.79 Å². The maximum Gasteiger partial charge on any atom is 0.337 e. The van der Waals surface area contributed by atoms with Gasteiger partial charge in [-0.25, -0.2) is 4.79 Å². The highest BCUT2D eigenvalue weighted by Crippen LogP contribution is 2.27. The average Bonchev–Trinajstić information content (AvgIpc) is 2.30. The molecule has 0 fully saturated rings. The molecule has 1 aromatic rings. The summed E-state index contributed by atoms with van der Waals surface area (Å²) in [6, 6.07) is 3.00. The van der Waals surface area contributed by atoms with Crippen molar-refractivity contribution in [2.45, 2.75) is 20.3 Å². The Morgan fingerprint density at radius 2 is 2.06 bits per heavy atom. The number of anilines is 1. The van der Waals surface area contributed by atoms with Gasteiger partial charge in [0.05, 0.1) is 18.4 Å². The smallest absolute Gasteiger partial charge is 0.337 e. The monoisotopic (exact) mass is 237 g/mol. The van der Waals surface area contributed by atoms with Crippen molar-refractivity contribution >= 4 is 17.6 Å². The van der Waals surface area contributed by atoms with E-state index in [0.717, 1.165) is 0 Å². The Morgan fingerprint density at radius 1 is 1.41 bits per heavy atom. The zero-order valence-corrected chi connectivity index (χ0v) is 10.0. The third-order valence-corrected chi connectivity index (χ3v) is 2.36. The molecule has 0 radical (unpaired) electrons. The second-order valence-electron chi connectivity index (χ2n) is 3.57. The molecule has 0 unspecified atom stereocenters. The Morgan fingerprint density at radius 3 is 2.53 bits per heavy atom. The first kappa shape index (κ1) is 13.0. The van der Waals surface area contributed by atoms with Crippen molar-refractivity contribution in [3.05, 3.63) is 23.3 Å². The van der Waals surface area contributed by atoms with Crippen LogP contribution in [0.15, 0.2) is 12.1 Å². The summed E-state index contributed by atoms with van der Waals surface area (Å²) < 4.78 is 5.09. The number of carbonyl (C=O) groups is 2. The number of nitrogens with one attached hydrogen (secondary N) is 1. The van der Waals surface area contributed by atoms with Crippen LogP contribution in [0.2, 0.25) is 0 Å². The molecule has 1 amide bonds. The Labute approximate surface area is 99.4 Å². The van der Waals surface area contributed by atoms with E-state index >= 15 is 0 Å². The quantitative estimate of drug-likeness (QED) is 0.840. The molecule has 0 saturated heterocycles. The van der Waals surface area contributed by atoms with Crippen molar-refractivity contribution in [3.63, 3.8) is 0 Å². The van der Waals surface area contributed by atoms with Gasteiger partial charge in [-0.2, -0.15) is 0 Å². The summed E-state index contributed by atoms with van der Waals surface area (Å²) in [7, 11) is 1.49. The molecule has 0 aromatic heterocycles. The van der Waals surface area contributed by atoms with Gasteiger partial charge in [0, 0.05) is 12.5 Å². The standard InChI is InChI=1S/C12H15NO4/c1-4-11(14)13-9-6-10(17-3)7(2)5-8(9)12(15)16/h5-6H,4H2,1-3H3,(H,13,14)(H,15,16). The Hall–Kier alpha value is -2.04. The van der Waals surface area contributed by atoms with Crippen LogP contribution in [0.3, 0.4) is 0 Å². The number of aryl methyl sites for hydroxylation is 1. The summed E-state index contributed by atoms with van der Waals surface area (Å²) in [5, 5.41) is 11.6. The van der Waals surface area contributed by atoms with Crippen LogP contribution in [0.5, 0.6) is 5.75 Å². The molecule has 0 atom stereocenters. The zero-order chi connectivity index (χ0) is 13.0. The number of carboxylic acids is 1. The number of benzene rings is 1. The van der Waals surface area contributed by atoms with Crippen molar-refractivity contribution in [2.75, 3.05) is 12.4 Å². The third-order valence-electron chi connectivity index (χ3n) is 2.36. The van der Waals surface area contributed by atoms with Crippen LogP contribution < -0.4 is 10.1 Å². The highest BCUT2D eigenvalue weighted by Gasteiger charge is 2.15. The van der Waals surface area contributed by atoms with Gasteiger partial charge >= 0.3 is 5.97 Å². The Balaban J connectivity index is 3.23. The van der Waals surface area contributed by atoms with Gasteiger partial charge < -0.3 is 15.2 Å². The van der Waals surface area contributed by atoms with E-state index in [1.54, 1.807) is 13.8 Å². The number of rotatable bonds is 4. The number of amides is 1. The van der Waals surface area contributed by atoms with E-state index in [0.29, 0.717) is 11.3 Å². The van der Waals surface area contributed by atoms with Gasteiger partial charge in [-0.05, 0) is 18.6 Å².